The van der Waals surface area contributed by atoms with E-state index in [1.165, 1.54) is 11.1 Å². The molecule has 0 aliphatic rings. The van der Waals surface area contributed by atoms with Gasteiger partial charge in [-0.3, -0.25) is 0 Å². The molecule has 1 unspecified atom stereocenters. The van der Waals surface area contributed by atoms with E-state index in [-0.39, 0.29) is 12.2 Å². The minimum Gasteiger partial charge on any atom is -0.370 e. The van der Waals surface area contributed by atoms with Crippen LogP contribution in [0.15, 0.2) is 24.3 Å². The number of benzene rings is 1. The summed E-state index contributed by atoms with van der Waals surface area (Å²) in [6.45, 7) is 7.12. The summed E-state index contributed by atoms with van der Waals surface area (Å²) in [4.78, 5) is 0. The standard InChI is InChI=1S/C13H21NO/c1-10(2)15-13(9-14-4)12-8-6-5-7-11(12)3/h5-8,10,13-14H,9H2,1-4H3. The molecular weight excluding hydrogens is 186 g/mol. The van der Waals surface area contributed by atoms with Gasteiger partial charge in [-0.1, -0.05) is 24.3 Å². The second kappa shape index (κ2) is 5.89. The van der Waals surface area contributed by atoms with Crippen LogP contribution in [0.25, 0.3) is 0 Å². The summed E-state index contributed by atoms with van der Waals surface area (Å²) in [5.41, 5.74) is 2.57. The first kappa shape index (κ1) is 12.2. The molecule has 0 amide bonds. The van der Waals surface area contributed by atoms with Crippen LogP contribution in [-0.2, 0) is 4.74 Å². The molecule has 2 heteroatoms. The lowest BCUT2D eigenvalue weighted by molar-refractivity contribution is 0.00781. The molecule has 0 aromatic heterocycles. The zero-order valence-corrected chi connectivity index (χ0v) is 10.1. The summed E-state index contributed by atoms with van der Waals surface area (Å²) in [6, 6.07) is 8.39. The Morgan fingerprint density at radius 2 is 1.93 bits per heavy atom. The van der Waals surface area contributed by atoms with Gasteiger partial charge >= 0.3 is 0 Å². The van der Waals surface area contributed by atoms with Gasteiger partial charge in [0.25, 0.3) is 0 Å². The molecule has 0 fully saturated rings. The first-order valence-corrected chi connectivity index (χ1v) is 5.50. The van der Waals surface area contributed by atoms with Gasteiger partial charge in [-0.2, -0.15) is 0 Å². The number of rotatable bonds is 5. The van der Waals surface area contributed by atoms with Crippen molar-refractivity contribution < 1.29 is 4.74 Å². The van der Waals surface area contributed by atoms with Crippen molar-refractivity contribution in [2.45, 2.75) is 33.0 Å². The highest BCUT2D eigenvalue weighted by atomic mass is 16.5. The number of hydrogen-bond donors (Lipinski definition) is 1. The molecule has 0 spiro atoms. The van der Waals surface area contributed by atoms with Crippen LogP contribution in [-0.4, -0.2) is 19.7 Å². The van der Waals surface area contributed by atoms with Crippen LogP contribution in [0.3, 0.4) is 0 Å². The molecule has 0 aliphatic heterocycles. The summed E-state index contributed by atoms with van der Waals surface area (Å²) in [5, 5.41) is 3.17. The van der Waals surface area contributed by atoms with Crippen molar-refractivity contribution in [2.75, 3.05) is 13.6 Å². The van der Waals surface area contributed by atoms with Gasteiger partial charge in [0.2, 0.25) is 0 Å². The molecule has 1 rings (SSSR count). The lowest BCUT2D eigenvalue weighted by Gasteiger charge is -2.22. The maximum atomic E-state index is 5.90. The number of ether oxygens (including phenoxy) is 1. The van der Waals surface area contributed by atoms with Crippen LogP contribution in [0.5, 0.6) is 0 Å². The molecule has 0 saturated carbocycles. The Labute approximate surface area is 92.6 Å². The zero-order chi connectivity index (χ0) is 11.3. The molecule has 15 heavy (non-hydrogen) atoms. The zero-order valence-electron chi connectivity index (χ0n) is 10.1. The predicted octanol–water partition coefficient (Wildman–Crippen LogP) is 2.68. The van der Waals surface area contributed by atoms with E-state index in [1.807, 2.05) is 7.05 Å². The van der Waals surface area contributed by atoms with Crippen LogP contribution in [0, 0.1) is 6.92 Å². The van der Waals surface area contributed by atoms with Crippen molar-refractivity contribution >= 4 is 0 Å². The third kappa shape index (κ3) is 3.65. The Morgan fingerprint density at radius 3 is 2.47 bits per heavy atom. The normalized spacial score (nSPS) is 13.1. The van der Waals surface area contributed by atoms with Gasteiger partial charge in [-0.15, -0.1) is 0 Å². The van der Waals surface area contributed by atoms with Gasteiger partial charge < -0.3 is 10.1 Å². The summed E-state index contributed by atoms with van der Waals surface area (Å²) >= 11 is 0. The Morgan fingerprint density at radius 1 is 1.27 bits per heavy atom. The first-order chi connectivity index (χ1) is 7.15. The van der Waals surface area contributed by atoms with E-state index in [0.29, 0.717) is 0 Å². The highest BCUT2D eigenvalue weighted by Crippen LogP contribution is 2.21. The largest absolute Gasteiger partial charge is 0.370 e. The van der Waals surface area contributed by atoms with Crippen LogP contribution in [0.4, 0.5) is 0 Å². The second-order valence-corrected chi connectivity index (χ2v) is 4.09. The predicted molar refractivity (Wildman–Crippen MR) is 64.1 cm³/mol. The number of nitrogens with one attached hydrogen (secondary N) is 1. The molecule has 84 valence electrons. The maximum absolute atomic E-state index is 5.90. The highest BCUT2D eigenvalue weighted by Gasteiger charge is 2.14. The number of aryl methyl sites for hydroxylation is 1. The fraction of sp³-hybridized carbons (Fsp3) is 0.538. The third-order valence-electron chi connectivity index (χ3n) is 2.36. The summed E-state index contributed by atoms with van der Waals surface area (Å²) < 4.78 is 5.90. The average molecular weight is 207 g/mol. The minimum atomic E-state index is 0.149. The van der Waals surface area contributed by atoms with Gasteiger partial charge in [0.1, 0.15) is 0 Å². The average Bonchev–Trinajstić information content (AvgIpc) is 2.17. The van der Waals surface area contributed by atoms with Crippen molar-refractivity contribution in [2.24, 2.45) is 0 Å². The fourth-order valence-corrected chi connectivity index (χ4v) is 1.69. The fourth-order valence-electron chi connectivity index (χ4n) is 1.69. The van der Waals surface area contributed by atoms with Crippen molar-refractivity contribution in [1.82, 2.24) is 5.32 Å². The molecule has 0 bridgehead atoms. The van der Waals surface area contributed by atoms with Crippen molar-refractivity contribution in [1.29, 1.82) is 0 Å². The SMILES string of the molecule is CNCC(OC(C)C)c1ccccc1C. The van der Waals surface area contributed by atoms with E-state index < -0.39 is 0 Å². The molecule has 0 aliphatic carbocycles. The summed E-state index contributed by atoms with van der Waals surface area (Å²) in [5.74, 6) is 0. The van der Waals surface area contributed by atoms with Gasteiger partial charge in [0.05, 0.1) is 12.2 Å². The molecule has 0 saturated heterocycles. The quantitative estimate of drug-likeness (QED) is 0.801. The Balaban J connectivity index is 2.83. The minimum absolute atomic E-state index is 0.149. The highest BCUT2D eigenvalue weighted by molar-refractivity contribution is 5.28. The van der Waals surface area contributed by atoms with Crippen LogP contribution in [0.2, 0.25) is 0 Å². The van der Waals surface area contributed by atoms with E-state index in [0.717, 1.165) is 6.54 Å². The second-order valence-electron chi connectivity index (χ2n) is 4.09. The van der Waals surface area contributed by atoms with Gasteiger partial charge in [0.15, 0.2) is 0 Å². The summed E-state index contributed by atoms with van der Waals surface area (Å²) in [6.07, 6.45) is 0.402. The van der Waals surface area contributed by atoms with E-state index in [1.54, 1.807) is 0 Å². The molecule has 1 atom stereocenters. The van der Waals surface area contributed by atoms with Gasteiger partial charge in [0, 0.05) is 6.54 Å². The van der Waals surface area contributed by atoms with Crippen molar-refractivity contribution in [3.05, 3.63) is 35.4 Å². The Hall–Kier alpha value is -0.860. The summed E-state index contributed by atoms with van der Waals surface area (Å²) in [7, 11) is 1.95. The van der Waals surface area contributed by atoms with Crippen molar-refractivity contribution in [3.63, 3.8) is 0 Å². The Bertz CT molecular complexity index is 296. The molecule has 0 heterocycles. The van der Waals surface area contributed by atoms with Crippen molar-refractivity contribution in [3.8, 4) is 0 Å². The molecule has 1 N–H and O–H groups in total. The molecule has 1 aromatic rings. The topological polar surface area (TPSA) is 21.3 Å². The number of likely N-dealkylation sites (N-methyl/N-ethyl adjacent to an activating group) is 1. The van der Waals surface area contributed by atoms with Crippen LogP contribution < -0.4 is 5.32 Å². The van der Waals surface area contributed by atoms with Crippen LogP contribution >= 0.6 is 0 Å². The molecule has 2 nitrogen and oxygen atoms in total. The smallest absolute Gasteiger partial charge is 0.0955 e. The monoisotopic (exact) mass is 207 g/mol. The lowest BCUT2D eigenvalue weighted by Crippen LogP contribution is -2.22. The molecule has 1 aromatic carbocycles. The van der Waals surface area contributed by atoms with Crippen LogP contribution in [0.1, 0.15) is 31.1 Å². The lowest BCUT2D eigenvalue weighted by atomic mass is 10.0. The maximum Gasteiger partial charge on any atom is 0.0955 e. The third-order valence-corrected chi connectivity index (χ3v) is 2.36. The van der Waals surface area contributed by atoms with Gasteiger partial charge in [-0.05, 0) is 38.9 Å². The molecular formula is C13H21NO. The Kier molecular flexibility index (Phi) is 4.79. The van der Waals surface area contributed by atoms with Gasteiger partial charge in [-0.25, -0.2) is 0 Å². The molecule has 0 radical (unpaired) electrons. The number of hydrogen-bond acceptors (Lipinski definition) is 2. The van der Waals surface area contributed by atoms with E-state index >= 15 is 0 Å². The van der Waals surface area contributed by atoms with E-state index in [4.69, 9.17) is 4.74 Å². The first-order valence-electron chi connectivity index (χ1n) is 5.50. The van der Waals surface area contributed by atoms with E-state index in [9.17, 15) is 0 Å². The van der Waals surface area contributed by atoms with E-state index in [2.05, 4.69) is 50.4 Å².